The van der Waals surface area contributed by atoms with Gasteiger partial charge in [-0.3, -0.25) is 14.5 Å². The van der Waals surface area contributed by atoms with Gasteiger partial charge in [0.1, 0.15) is 6.67 Å². The molecule has 0 bridgehead atoms. The quantitative estimate of drug-likeness (QED) is 0.567. The van der Waals surface area contributed by atoms with Gasteiger partial charge >= 0.3 is 0 Å². The van der Waals surface area contributed by atoms with Crippen LogP contribution in [0.5, 0.6) is 0 Å². The summed E-state index contributed by atoms with van der Waals surface area (Å²) in [5, 5.41) is 25.8. The number of nitriles is 1. The number of hydrogen-bond acceptors (Lipinski definition) is 5. The van der Waals surface area contributed by atoms with E-state index in [-0.39, 0.29) is 18.5 Å². The summed E-state index contributed by atoms with van der Waals surface area (Å²) in [4.78, 5) is 26.9. The van der Waals surface area contributed by atoms with Crippen LogP contribution in [0.1, 0.15) is 47.2 Å². The molecule has 4 rings (SSSR count). The average molecular weight is 479 g/mol. The van der Waals surface area contributed by atoms with E-state index in [0.717, 1.165) is 31.2 Å². The van der Waals surface area contributed by atoms with Crippen molar-refractivity contribution in [1.82, 2.24) is 15.5 Å². The largest absolute Gasteiger partial charge is 0.390 e. The van der Waals surface area contributed by atoms with Gasteiger partial charge in [-0.2, -0.15) is 5.26 Å². The zero-order valence-electron chi connectivity index (χ0n) is 19.6. The Hall–Kier alpha value is -3.28. The minimum Gasteiger partial charge on any atom is -0.390 e. The summed E-state index contributed by atoms with van der Waals surface area (Å²) in [6.45, 7) is 0.0906. The number of nitrogens with one attached hydrogen (secondary N) is 2. The van der Waals surface area contributed by atoms with Gasteiger partial charge in [0.25, 0.3) is 5.91 Å². The lowest BCUT2D eigenvalue weighted by atomic mass is 9.69. The highest BCUT2D eigenvalue weighted by Crippen LogP contribution is 2.40. The van der Waals surface area contributed by atoms with Gasteiger partial charge in [-0.15, -0.1) is 0 Å². The lowest BCUT2D eigenvalue weighted by Gasteiger charge is -2.39. The van der Waals surface area contributed by atoms with E-state index in [4.69, 9.17) is 0 Å². The summed E-state index contributed by atoms with van der Waals surface area (Å²) < 4.78 is 12.8. The molecule has 2 fully saturated rings. The van der Waals surface area contributed by atoms with Gasteiger partial charge in [-0.05, 0) is 48.9 Å². The van der Waals surface area contributed by atoms with E-state index >= 15 is 0 Å². The Balaban J connectivity index is 1.26. The number of benzene rings is 2. The van der Waals surface area contributed by atoms with E-state index < -0.39 is 30.1 Å². The van der Waals surface area contributed by atoms with E-state index in [1.165, 1.54) is 6.07 Å². The molecule has 0 aromatic heterocycles. The summed E-state index contributed by atoms with van der Waals surface area (Å²) in [7, 11) is 0. The van der Waals surface area contributed by atoms with Gasteiger partial charge < -0.3 is 15.7 Å². The van der Waals surface area contributed by atoms with Crippen molar-refractivity contribution in [2.24, 2.45) is 0 Å². The second-order valence-electron chi connectivity index (χ2n) is 9.50. The number of carbonyl (C=O) groups is 2. The number of rotatable bonds is 7. The molecule has 0 spiro atoms. The maximum atomic E-state index is 12.8. The third-order valence-corrected chi connectivity index (χ3v) is 7.28. The molecule has 1 heterocycles. The fourth-order valence-electron chi connectivity index (χ4n) is 5.26. The average Bonchev–Trinajstić information content (AvgIpc) is 3.27. The third-order valence-electron chi connectivity index (χ3n) is 7.28. The normalized spacial score (nSPS) is 26.6. The van der Waals surface area contributed by atoms with Gasteiger partial charge in [0.15, 0.2) is 0 Å². The molecule has 3 N–H and O–H groups in total. The Morgan fingerprint density at radius 2 is 1.86 bits per heavy atom. The number of amides is 2. The van der Waals surface area contributed by atoms with Crippen molar-refractivity contribution in [3.8, 4) is 6.07 Å². The number of aliphatic hydroxyl groups excluding tert-OH is 1. The van der Waals surface area contributed by atoms with Crippen molar-refractivity contribution >= 4 is 11.8 Å². The standard InChI is InChI=1S/C27H31FN4O3/c28-14-19-5-4-6-20(13-19)26(35)30-15-25(34)31-23-16-32(17-24(23)33)22-9-11-27(18-29,12-10-22)21-7-2-1-3-8-21/h1-8,13,22-24,33H,9-12,14-17H2,(H,30,35)(H,31,34)/t22?,23-,24?,27?/m0/s1. The van der Waals surface area contributed by atoms with E-state index in [9.17, 15) is 24.3 Å². The maximum absolute atomic E-state index is 12.8. The highest BCUT2D eigenvalue weighted by molar-refractivity contribution is 5.96. The number of nitrogens with zero attached hydrogens (tertiary/aromatic N) is 2. The molecule has 184 valence electrons. The van der Waals surface area contributed by atoms with Crippen LogP contribution in [-0.4, -0.2) is 59.6 Å². The van der Waals surface area contributed by atoms with Gasteiger partial charge in [-0.25, -0.2) is 4.39 Å². The molecule has 2 amide bonds. The number of halogens is 1. The zero-order valence-corrected chi connectivity index (χ0v) is 19.6. The first kappa shape index (κ1) is 24.8. The molecular weight excluding hydrogens is 447 g/mol. The monoisotopic (exact) mass is 478 g/mol. The van der Waals surface area contributed by atoms with E-state index in [2.05, 4.69) is 21.6 Å². The molecule has 0 radical (unpaired) electrons. The zero-order chi connectivity index (χ0) is 24.8. The van der Waals surface area contributed by atoms with Crippen LogP contribution in [-0.2, 0) is 16.9 Å². The number of aliphatic hydroxyl groups is 1. The summed E-state index contributed by atoms with van der Waals surface area (Å²) in [6, 6.07) is 18.5. The second kappa shape index (κ2) is 11.0. The molecule has 7 nitrogen and oxygen atoms in total. The van der Waals surface area contributed by atoms with Gasteiger partial charge in [0.05, 0.1) is 30.2 Å². The summed E-state index contributed by atoms with van der Waals surface area (Å²) in [6.07, 6.45) is 2.52. The first-order valence-electron chi connectivity index (χ1n) is 12.1. The molecule has 8 heteroatoms. The highest BCUT2D eigenvalue weighted by atomic mass is 19.1. The Morgan fingerprint density at radius 3 is 2.54 bits per heavy atom. The van der Waals surface area contributed by atoms with Crippen molar-refractivity contribution in [2.45, 2.75) is 56.0 Å². The fraction of sp³-hybridized carbons (Fsp3) is 0.444. The Morgan fingerprint density at radius 1 is 1.11 bits per heavy atom. The number of hydrogen-bond donors (Lipinski definition) is 3. The molecule has 1 saturated heterocycles. The minimum absolute atomic E-state index is 0.229. The smallest absolute Gasteiger partial charge is 0.251 e. The van der Waals surface area contributed by atoms with Gasteiger partial charge in [-0.1, -0.05) is 42.5 Å². The summed E-state index contributed by atoms with van der Waals surface area (Å²) in [5.74, 6) is -0.840. The molecule has 2 aromatic carbocycles. The van der Waals surface area contributed by atoms with Crippen molar-refractivity contribution in [1.29, 1.82) is 5.26 Å². The lowest BCUT2D eigenvalue weighted by Crippen LogP contribution is -2.47. The van der Waals surface area contributed by atoms with Crippen LogP contribution >= 0.6 is 0 Å². The molecule has 2 atom stereocenters. The second-order valence-corrected chi connectivity index (χ2v) is 9.50. The van der Waals surface area contributed by atoms with E-state index in [0.29, 0.717) is 24.2 Å². The van der Waals surface area contributed by atoms with Gasteiger partial charge in [0, 0.05) is 24.7 Å². The molecule has 2 aromatic rings. The minimum atomic E-state index is -0.701. The summed E-state index contributed by atoms with van der Waals surface area (Å²) in [5.41, 5.74) is 1.29. The van der Waals surface area contributed by atoms with E-state index in [1.54, 1.807) is 18.2 Å². The summed E-state index contributed by atoms with van der Waals surface area (Å²) >= 11 is 0. The lowest BCUT2D eigenvalue weighted by molar-refractivity contribution is -0.121. The maximum Gasteiger partial charge on any atom is 0.251 e. The van der Waals surface area contributed by atoms with Crippen LogP contribution in [0.2, 0.25) is 0 Å². The molecular formula is C27H31FN4O3. The topological polar surface area (TPSA) is 105 Å². The van der Waals surface area contributed by atoms with Crippen molar-refractivity contribution < 1.29 is 19.1 Å². The SMILES string of the molecule is N#CC1(c2ccccc2)CCC(N2CC(O)[C@@H](NC(=O)CNC(=O)c3cccc(CF)c3)C2)CC1. The predicted octanol–water partition coefficient (Wildman–Crippen LogP) is 2.45. The molecule has 35 heavy (non-hydrogen) atoms. The fourth-order valence-corrected chi connectivity index (χ4v) is 5.26. The predicted molar refractivity (Wildman–Crippen MR) is 129 cm³/mol. The Bertz CT molecular complexity index is 1080. The molecule has 2 aliphatic rings. The van der Waals surface area contributed by atoms with Crippen LogP contribution in [0, 0.1) is 11.3 Å². The molecule has 1 unspecified atom stereocenters. The number of carbonyl (C=O) groups excluding carboxylic acids is 2. The molecule has 1 saturated carbocycles. The van der Waals surface area contributed by atoms with Crippen LogP contribution in [0.25, 0.3) is 0 Å². The number of alkyl halides is 1. The van der Waals surface area contributed by atoms with Crippen LogP contribution < -0.4 is 10.6 Å². The number of likely N-dealkylation sites (tertiary alicyclic amines) is 1. The number of β-amino-alcohol motifs (C(OH)–C–C–N with tert-alkyl or cyclic N) is 1. The van der Waals surface area contributed by atoms with Crippen LogP contribution in [0.3, 0.4) is 0 Å². The van der Waals surface area contributed by atoms with E-state index in [1.807, 2.05) is 30.3 Å². The van der Waals surface area contributed by atoms with Crippen molar-refractivity contribution in [2.75, 3.05) is 19.6 Å². The molecule has 1 aliphatic heterocycles. The first-order chi connectivity index (χ1) is 16.9. The third kappa shape index (κ3) is 5.69. The Kier molecular flexibility index (Phi) is 7.79. The van der Waals surface area contributed by atoms with Crippen molar-refractivity contribution in [3.63, 3.8) is 0 Å². The first-order valence-corrected chi connectivity index (χ1v) is 12.1. The molecule has 1 aliphatic carbocycles. The Labute approximate surface area is 204 Å². The highest BCUT2D eigenvalue weighted by Gasteiger charge is 2.42. The van der Waals surface area contributed by atoms with Crippen LogP contribution in [0.4, 0.5) is 4.39 Å². The van der Waals surface area contributed by atoms with Crippen LogP contribution in [0.15, 0.2) is 54.6 Å². The van der Waals surface area contributed by atoms with Gasteiger partial charge in [0.2, 0.25) is 5.91 Å². The van der Waals surface area contributed by atoms with Crippen molar-refractivity contribution in [3.05, 3.63) is 71.3 Å².